The first kappa shape index (κ1) is 11.4. The first-order valence-corrected chi connectivity index (χ1v) is 4.64. The fourth-order valence-corrected chi connectivity index (χ4v) is 1.53. The predicted octanol–water partition coefficient (Wildman–Crippen LogP) is -1.69. The minimum atomic E-state index is -1.42. The Kier molecular flexibility index (Phi) is 3.24. The summed E-state index contributed by atoms with van der Waals surface area (Å²) >= 11 is 0. The van der Waals surface area contributed by atoms with Gasteiger partial charge in [0.05, 0.1) is 0 Å². The van der Waals surface area contributed by atoms with Crippen LogP contribution in [0.5, 0.6) is 0 Å². The van der Waals surface area contributed by atoms with Crippen molar-refractivity contribution in [3.8, 4) is 0 Å². The molecule has 15 heavy (non-hydrogen) atoms. The molecule has 5 heteroatoms. The zero-order valence-corrected chi connectivity index (χ0v) is 8.24. The van der Waals surface area contributed by atoms with Crippen LogP contribution in [0.15, 0.2) is 11.3 Å². The second-order valence-corrected chi connectivity index (χ2v) is 3.42. The Labute approximate surface area is 86.4 Å². The monoisotopic (exact) mass is 210 g/mol. The number of rotatable bonds is 2. The van der Waals surface area contributed by atoms with Crippen molar-refractivity contribution in [2.24, 2.45) is 5.92 Å². The molecule has 0 saturated heterocycles. The van der Waals surface area contributed by atoms with Crippen molar-refractivity contribution in [2.75, 3.05) is 0 Å². The highest BCUT2D eigenvalue weighted by atomic mass is 16.4. The number of hydrogen-bond donors (Lipinski definition) is 0. The van der Waals surface area contributed by atoms with Gasteiger partial charge in [0.15, 0.2) is 11.6 Å². The molecular weight excluding hydrogens is 200 g/mol. The lowest BCUT2D eigenvalue weighted by molar-refractivity contribution is -0.312. The van der Waals surface area contributed by atoms with Gasteiger partial charge < -0.3 is 15.0 Å². The number of carboxylic acids is 1. The number of allylic oxidation sites excluding steroid dienone is 2. The summed E-state index contributed by atoms with van der Waals surface area (Å²) in [6, 6.07) is 0. The van der Waals surface area contributed by atoms with Crippen LogP contribution in [0.25, 0.3) is 0 Å². The number of carbonyl (C=O) groups is 3. The van der Waals surface area contributed by atoms with Crippen molar-refractivity contribution < 1.29 is 24.6 Å². The van der Waals surface area contributed by atoms with Gasteiger partial charge in [-0.2, -0.15) is 0 Å². The fraction of sp³-hybridized carbons (Fsp3) is 0.500. The van der Waals surface area contributed by atoms with E-state index in [2.05, 4.69) is 0 Å². The minimum Gasteiger partial charge on any atom is -0.875 e. The van der Waals surface area contributed by atoms with Gasteiger partial charge in [0.1, 0.15) is 0 Å². The van der Waals surface area contributed by atoms with E-state index in [1.165, 1.54) is 0 Å². The van der Waals surface area contributed by atoms with Crippen LogP contribution < -0.4 is 10.2 Å². The van der Waals surface area contributed by atoms with E-state index >= 15 is 0 Å². The summed E-state index contributed by atoms with van der Waals surface area (Å²) in [6.07, 6.45) is -0.549. The molecule has 0 spiro atoms. The number of carbonyl (C=O) groups excluding carboxylic acids is 3. The third-order valence-electron chi connectivity index (χ3n) is 2.35. The molecule has 82 valence electrons. The molecule has 0 aromatic heterocycles. The molecule has 0 heterocycles. The SMILES string of the molecule is CCC([O-])=C1C(=O)CC(C(=O)[O-])CC1=O. The van der Waals surface area contributed by atoms with Crippen LogP contribution in [0.4, 0.5) is 0 Å². The Balaban J connectivity index is 2.97. The van der Waals surface area contributed by atoms with E-state index in [1.54, 1.807) is 6.92 Å². The van der Waals surface area contributed by atoms with Crippen LogP contribution in [0.2, 0.25) is 0 Å². The largest absolute Gasteiger partial charge is 0.875 e. The van der Waals surface area contributed by atoms with Gasteiger partial charge in [0.25, 0.3) is 0 Å². The average molecular weight is 210 g/mol. The molecule has 0 aromatic rings. The molecule has 0 radical (unpaired) electrons. The number of Topliss-reactive ketones (excluding diaryl/α,β-unsaturated/α-hetero) is 2. The summed E-state index contributed by atoms with van der Waals surface area (Å²) in [4.78, 5) is 33.2. The summed E-state index contributed by atoms with van der Waals surface area (Å²) < 4.78 is 0. The van der Waals surface area contributed by atoms with Crippen molar-refractivity contribution in [3.05, 3.63) is 11.3 Å². The Bertz CT molecular complexity index is 333. The molecule has 0 aromatic carbocycles. The Morgan fingerprint density at radius 2 is 1.73 bits per heavy atom. The molecular formula is C10H10O5-2. The van der Waals surface area contributed by atoms with Crippen LogP contribution >= 0.6 is 0 Å². The highest BCUT2D eigenvalue weighted by Gasteiger charge is 2.30. The molecule has 0 unspecified atom stereocenters. The number of ketones is 2. The normalized spacial score (nSPS) is 21.7. The van der Waals surface area contributed by atoms with Crippen LogP contribution in [-0.4, -0.2) is 17.5 Å². The van der Waals surface area contributed by atoms with Crippen molar-refractivity contribution in [1.29, 1.82) is 0 Å². The molecule has 0 N–H and O–H groups in total. The zero-order chi connectivity index (χ0) is 11.6. The summed E-state index contributed by atoms with van der Waals surface area (Å²) in [6.45, 7) is 1.54. The number of hydrogen-bond acceptors (Lipinski definition) is 5. The molecule has 1 fully saturated rings. The van der Waals surface area contributed by atoms with Gasteiger partial charge in [-0.15, -0.1) is 5.76 Å². The topological polar surface area (TPSA) is 97.3 Å². The van der Waals surface area contributed by atoms with Crippen LogP contribution in [0.1, 0.15) is 26.2 Å². The van der Waals surface area contributed by atoms with E-state index in [4.69, 9.17) is 0 Å². The quantitative estimate of drug-likeness (QED) is 0.307. The van der Waals surface area contributed by atoms with E-state index in [9.17, 15) is 24.6 Å². The second kappa shape index (κ2) is 4.25. The molecule has 1 saturated carbocycles. The van der Waals surface area contributed by atoms with Crippen LogP contribution in [-0.2, 0) is 14.4 Å². The average Bonchev–Trinajstić information content (AvgIpc) is 2.16. The standard InChI is InChI=1S/C10H12O5/c1-2-6(11)9-7(12)3-5(10(14)15)4-8(9)13/h5,11H,2-4H2,1H3,(H,14,15)/p-2. The smallest absolute Gasteiger partial charge is 0.166 e. The summed E-state index contributed by atoms with van der Waals surface area (Å²) in [5.74, 6) is -4.36. The van der Waals surface area contributed by atoms with Gasteiger partial charge in [-0.3, -0.25) is 9.59 Å². The lowest BCUT2D eigenvalue weighted by Crippen LogP contribution is -2.39. The molecule has 0 bridgehead atoms. The molecule has 1 rings (SSSR count). The van der Waals surface area contributed by atoms with E-state index in [1.807, 2.05) is 0 Å². The second-order valence-electron chi connectivity index (χ2n) is 3.42. The Morgan fingerprint density at radius 3 is 2.07 bits per heavy atom. The van der Waals surface area contributed by atoms with Crippen LogP contribution in [0.3, 0.4) is 0 Å². The maximum atomic E-state index is 11.4. The summed E-state index contributed by atoms with van der Waals surface area (Å²) in [7, 11) is 0. The molecule has 0 amide bonds. The maximum Gasteiger partial charge on any atom is 0.166 e. The minimum absolute atomic E-state index is 0.0722. The van der Waals surface area contributed by atoms with E-state index < -0.39 is 29.2 Å². The lowest BCUT2D eigenvalue weighted by Gasteiger charge is -2.26. The first-order valence-electron chi connectivity index (χ1n) is 4.64. The van der Waals surface area contributed by atoms with Gasteiger partial charge in [0, 0.05) is 30.3 Å². The van der Waals surface area contributed by atoms with Gasteiger partial charge >= 0.3 is 0 Å². The Morgan fingerprint density at radius 1 is 1.27 bits per heavy atom. The van der Waals surface area contributed by atoms with Gasteiger partial charge in [0.2, 0.25) is 0 Å². The molecule has 0 aliphatic heterocycles. The third kappa shape index (κ3) is 2.23. The number of carboxylic acid groups (broad SMARTS) is 1. The van der Waals surface area contributed by atoms with E-state index in [0.29, 0.717) is 0 Å². The van der Waals surface area contributed by atoms with Crippen molar-refractivity contribution in [1.82, 2.24) is 0 Å². The zero-order valence-electron chi connectivity index (χ0n) is 8.24. The lowest BCUT2D eigenvalue weighted by atomic mass is 9.83. The van der Waals surface area contributed by atoms with E-state index in [-0.39, 0.29) is 24.8 Å². The van der Waals surface area contributed by atoms with Gasteiger partial charge in [-0.1, -0.05) is 6.92 Å². The first-order chi connectivity index (χ1) is 6.97. The van der Waals surface area contributed by atoms with Crippen molar-refractivity contribution in [2.45, 2.75) is 26.2 Å². The molecule has 5 nitrogen and oxygen atoms in total. The van der Waals surface area contributed by atoms with Crippen molar-refractivity contribution in [3.63, 3.8) is 0 Å². The van der Waals surface area contributed by atoms with Gasteiger partial charge in [-0.05, 0) is 6.42 Å². The molecule has 0 atom stereocenters. The van der Waals surface area contributed by atoms with E-state index in [0.717, 1.165) is 0 Å². The molecule has 1 aliphatic carbocycles. The summed E-state index contributed by atoms with van der Waals surface area (Å²) in [5.41, 5.74) is -0.352. The fourth-order valence-electron chi connectivity index (χ4n) is 1.53. The summed E-state index contributed by atoms with van der Waals surface area (Å²) in [5, 5.41) is 21.7. The maximum absolute atomic E-state index is 11.4. The Hall–Kier alpha value is -1.65. The number of aliphatic carboxylic acids is 1. The van der Waals surface area contributed by atoms with Crippen LogP contribution in [0, 0.1) is 5.92 Å². The van der Waals surface area contributed by atoms with Gasteiger partial charge in [-0.25, -0.2) is 0 Å². The van der Waals surface area contributed by atoms with Crippen molar-refractivity contribution >= 4 is 17.5 Å². The molecule has 1 aliphatic rings. The predicted molar refractivity (Wildman–Crippen MR) is 45.1 cm³/mol. The third-order valence-corrected chi connectivity index (χ3v) is 2.35. The highest BCUT2D eigenvalue weighted by molar-refractivity contribution is 6.23. The highest BCUT2D eigenvalue weighted by Crippen LogP contribution is 2.24.